The number of hydrogen-bond donors (Lipinski definition) is 2. The van der Waals surface area contributed by atoms with E-state index in [2.05, 4.69) is 6.58 Å². The minimum Gasteiger partial charge on any atom is -0.396 e. The minimum absolute atomic E-state index is 0.112. The molecular formula is C13H18O3. The predicted octanol–water partition coefficient (Wildman–Crippen LogP) is 1.36. The molecule has 2 N–H and O–H groups in total. The second-order valence-electron chi connectivity index (χ2n) is 3.65. The summed E-state index contributed by atoms with van der Waals surface area (Å²) in [6, 6.07) is 9.75. The Labute approximate surface area is 96.0 Å². The Morgan fingerprint density at radius 2 is 2.00 bits per heavy atom. The Morgan fingerprint density at radius 1 is 1.31 bits per heavy atom. The third-order valence-electron chi connectivity index (χ3n) is 2.41. The van der Waals surface area contributed by atoms with Crippen molar-refractivity contribution in [3.05, 3.63) is 48.6 Å². The molecule has 0 spiro atoms. The van der Waals surface area contributed by atoms with E-state index in [0.717, 1.165) is 5.56 Å². The Bertz CT molecular complexity index is 297. The van der Waals surface area contributed by atoms with E-state index in [1.807, 2.05) is 30.3 Å². The molecule has 0 unspecified atom stereocenters. The van der Waals surface area contributed by atoms with Gasteiger partial charge < -0.3 is 14.9 Å². The Balaban J connectivity index is 2.27. The van der Waals surface area contributed by atoms with Crippen molar-refractivity contribution in [2.45, 2.75) is 12.7 Å². The van der Waals surface area contributed by atoms with E-state index in [1.165, 1.54) is 6.08 Å². The zero-order chi connectivity index (χ0) is 11.8. The van der Waals surface area contributed by atoms with Crippen LogP contribution in [-0.4, -0.2) is 29.5 Å². The molecule has 0 aromatic heterocycles. The van der Waals surface area contributed by atoms with Gasteiger partial charge in [0.2, 0.25) is 0 Å². The molecule has 0 radical (unpaired) electrons. The Hall–Kier alpha value is -1.16. The van der Waals surface area contributed by atoms with Crippen LogP contribution in [0.4, 0.5) is 0 Å². The van der Waals surface area contributed by atoms with Crippen molar-refractivity contribution in [3.8, 4) is 0 Å². The van der Waals surface area contributed by atoms with Crippen molar-refractivity contribution in [2.24, 2.45) is 5.92 Å². The number of rotatable bonds is 7. The molecular weight excluding hydrogens is 204 g/mol. The van der Waals surface area contributed by atoms with Crippen molar-refractivity contribution in [1.29, 1.82) is 0 Å². The molecule has 1 rings (SSSR count). The van der Waals surface area contributed by atoms with Crippen LogP contribution in [0.15, 0.2) is 43.0 Å². The van der Waals surface area contributed by atoms with Crippen LogP contribution in [0.25, 0.3) is 0 Å². The molecule has 0 aliphatic rings. The zero-order valence-corrected chi connectivity index (χ0v) is 9.25. The summed E-state index contributed by atoms with van der Waals surface area (Å²) < 4.78 is 5.36. The van der Waals surface area contributed by atoms with Gasteiger partial charge in [0.1, 0.15) is 0 Å². The van der Waals surface area contributed by atoms with Crippen molar-refractivity contribution in [2.75, 3.05) is 13.2 Å². The van der Waals surface area contributed by atoms with Crippen molar-refractivity contribution in [3.63, 3.8) is 0 Å². The van der Waals surface area contributed by atoms with Gasteiger partial charge in [-0.1, -0.05) is 36.4 Å². The van der Waals surface area contributed by atoms with E-state index in [9.17, 15) is 5.11 Å². The van der Waals surface area contributed by atoms with Crippen molar-refractivity contribution >= 4 is 0 Å². The molecule has 0 saturated carbocycles. The van der Waals surface area contributed by atoms with E-state index < -0.39 is 6.10 Å². The highest BCUT2D eigenvalue weighted by Gasteiger charge is 2.14. The fraction of sp³-hybridized carbons (Fsp3) is 0.385. The molecule has 0 saturated heterocycles. The lowest BCUT2D eigenvalue weighted by Gasteiger charge is -2.17. The van der Waals surface area contributed by atoms with Crippen LogP contribution in [0.1, 0.15) is 5.56 Å². The van der Waals surface area contributed by atoms with Crippen molar-refractivity contribution < 1.29 is 14.9 Å². The third-order valence-corrected chi connectivity index (χ3v) is 2.41. The molecule has 16 heavy (non-hydrogen) atoms. The van der Waals surface area contributed by atoms with Gasteiger partial charge in [-0.05, 0) is 5.56 Å². The number of aliphatic hydroxyl groups excluding tert-OH is 2. The maximum atomic E-state index is 9.63. The standard InChI is InChI=1S/C13H18O3/c1-2-12(8-14)13(15)10-16-9-11-6-4-3-5-7-11/h2-7,12-15H,1,8-10H2/t12-,13+/m1/s1. The molecule has 0 heterocycles. The van der Waals surface area contributed by atoms with Gasteiger partial charge >= 0.3 is 0 Å². The summed E-state index contributed by atoms with van der Waals surface area (Å²) in [5, 5.41) is 18.6. The largest absolute Gasteiger partial charge is 0.396 e. The van der Waals surface area contributed by atoms with Gasteiger partial charge in [0.15, 0.2) is 0 Å². The highest BCUT2D eigenvalue weighted by molar-refractivity contribution is 5.13. The first kappa shape index (κ1) is 12.9. The predicted molar refractivity (Wildman–Crippen MR) is 62.9 cm³/mol. The van der Waals surface area contributed by atoms with Gasteiger partial charge in [-0.15, -0.1) is 6.58 Å². The molecule has 88 valence electrons. The maximum Gasteiger partial charge on any atom is 0.0858 e. The molecule has 0 fully saturated rings. The fourth-order valence-corrected chi connectivity index (χ4v) is 1.35. The Kier molecular flexibility index (Phi) is 5.78. The van der Waals surface area contributed by atoms with E-state index in [0.29, 0.717) is 6.61 Å². The summed E-state index contributed by atoms with van der Waals surface area (Å²) >= 11 is 0. The SMILES string of the molecule is C=C[C@H](CO)[C@@H](O)COCc1ccccc1. The molecule has 1 aromatic rings. The smallest absolute Gasteiger partial charge is 0.0858 e. The van der Waals surface area contributed by atoms with Crippen molar-refractivity contribution in [1.82, 2.24) is 0 Å². The van der Waals surface area contributed by atoms with Gasteiger partial charge in [-0.25, -0.2) is 0 Å². The molecule has 0 aliphatic heterocycles. The van der Waals surface area contributed by atoms with Gasteiger partial charge in [-0.3, -0.25) is 0 Å². The summed E-state index contributed by atoms with van der Waals surface area (Å²) in [5.41, 5.74) is 1.06. The second kappa shape index (κ2) is 7.17. The van der Waals surface area contributed by atoms with E-state index in [4.69, 9.17) is 9.84 Å². The quantitative estimate of drug-likeness (QED) is 0.685. The molecule has 3 heteroatoms. The van der Waals surface area contributed by atoms with Crippen LogP contribution in [0.5, 0.6) is 0 Å². The van der Waals surface area contributed by atoms with Gasteiger partial charge in [-0.2, -0.15) is 0 Å². The average molecular weight is 222 g/mol. The molecule has 1 aromatic carbocycles. The third kappa shape index (κ3) is 4.14. The fourth-order valence-electron chi connectivity index (χ4n) is 1.35. The summed E-state index contributed by atoms with van der Waals surface area (Å²) in [4.78, 5) is 0. The lowest BCUT2D eigenvalue weighted by molar-refractivity contribution is -0.00332. The van der Waals surface area contributed by atoms with Crippen LogP contribution in [-0.2, 0) is 11.3 Å². The number of aliphatic hydroxyl groups is 2. The summed E-state index contributed by atoms with van der Waals surface area (Å²) in [6.07, 6.45) is 0.836. The first-order chi connectivity index (χ1) is 7.77. The molecule has 3 nitrogen and oxygen atoms in total. The number of ether oxygens (including phenoxy) is 1. The monoisotopic (exact) mass is 222 g/mol. The topological polar surface area (TPSA) is 49.7 Å². The van der Waals surface area contributed by atoms with Gasteiger partial charge in [0.05, 0.1) is 25.9 Å². The van der Waals surface area contributed by atoms with Crippen LogP contribution in [0.2, 0.25) is 0 Å². The van der Waals surface area contributed by atoms with E-state index in [1.54, 1.807) is 0 Å². The van der Waals surface area contributed by atoms with Crippen LogP contribution in [0, 0.1) is 5.92 Å². The molecule has 0 aliphatic carbocycles. The lowest BCUT2D eigenvalue weighted by Crippen LogP contribution is -2.26. The minimum atomic E-state index is -0.703. The summed E-state index contributed by atoms with van der Waals surface area (Å²) in [5.74, 6) is -0.323. The average Bonchev–Trinajstić information content (AvgIpc) is 2.32. The Morgan fingerprint density at radius 3 is 2.56 bits per heavy atom. The van der Waals surface area contributed by atoms with Gasteiger partial charge in [0, 0.05) is 5.92 Å². The van der Waals surface area contributed by atoms with Gasteiger partial charge in [0.25, 0.3) is 0 Å². The second-order valence-corrected chi connectivity index (χ2v) is 3.65. The highest BCUT2D eigenvalue weighted by atomic mass is 16.5. The summed E-state index contributed by atoms with van der Waals surface area (Å²) in [7, 11) is 0. The molecule has 0 bridgehead atoms. The molecule has 2 atom stereocenters. The van der Waals surface area contributed by atoms with E-state index >= 15 is 0 Å². The van der Waals surface area contributed by atoms with E-state index in [-0.39, 0.29) is 19.1 Å². The number of hydrogen-bond acceptors (Lipinski definition) is 3. The molecule has 0 amide bonds. The lowest BCUT2D eigenvalue weighted by atomic mass is 10.1. The van der Waals surface area contributed by atoms with Crippen LogP contribution in [0.3, 0.4) is 0 Å². The normalized spacial score (nSPS) is 14.4. The van der Waals surface area contributed by atoms with Crippen LogP contribution >= 0.6 is 0 Å². The zero-order valence-electron chi connectivity index (χ0n) is 9.25. The maximum absolute atomic E-state index is 9.63. The highest BCUT2D eigenvalue weighted by Crippen LogP contribution is 2.07. The number of benzene rings is 1. The van der Waals surface area contributed by atoms with Crippen LogP contribution < -0.4 is 0 Å². The summed E-state index contributed by atoms with van der Waals surface area (Å²) in [6.45, 7) is 4.10. The first-order valence-corrected chi connectivity index (χ1v) is 5.31. The first-order valence-electron chi connectivity index (χ1n) is 5.31.